The fourth-order valence-electron chi connectivity index (χ4n) is 2.02. The fourth-order valence-corrected chi connectivity index (χ4v) is 2.02. The van der Waals surface area contributed by atoms with E-state index in [9.17, 15) is 9.18 Å². The standard InChI is InChI=1S/C18H20FNO2/c1-12(2)14-9-8-13(3)17(10-14)22-11-18(21)20-16-7-5-4-6-15(16)19/h4-10,12H,11H2,1-3H3,(H,20,21). The lowest BCUT2D eigenvalue weighted by Gasteiger charge is -2.13. The fraction of sp³-hybridized carbons (Fsp3) is 0.278. The summed E-state index contributed by atoms with van der Waals surface area (Å²) >= 11 is 0. The first-order valence-electron chi connectivity index (χ1n) is 7.25. The predicted octanol–water partition coefficient (Wildman–Crippen LogP) is 4.28. The maximum atomic E-state index is 13.5. The van der Waals surface area contributed by atoms with Crippen LogP contribution in [-0.4, -0.2) is 12.5 Å². The van der Waals surface area contributed by atoms with Gasteiger partial charge >= 0.3 is 0 Å². The largest absolute Gasteiger partial charge is 0.483 e. The molecule has 4 heteroatoms. The zero-order valence-corrected chi connectivity index (χ0v) is 13.0. The number of carbonyl (C=O) groups excluding carboxylic acids is 1. The Labute approximate surface area is 130 Å². The average molecular weight is 301 g/mol. The van der Waals surface area contributed by atoms with Crippen molar-refractivity contribution in [1.82, 2.24) is 0 Å². The number of hydrogen-bond acceptors (Lipinski definition) is 2. The first-order chi connectivity index (χ1) is 10.5. The van der Waals surface area contributed by atoms with Crippen molar-refractivity contribution in [2.75, 3.05) is 11.9 Å². The predicted molar refractivity (Wildman–Crippen MR) is 85.8 cm³/mol. The minimum Gasteiger partial charge on any atom is -0.483 e. The molecule has 0 radical (unpaired) electrons. The molecule has 0 bridgehead atoms. The summed E-state index contributed by atoms with van der Waals surface area (Å²) in [6.07, 6.45) is 0. The molecular weight excluding hydrogens is 281 g/mol. The molecule has 0 heterocycles. The highest BCUT2D eigenvalue weighted by Crippen LogP contribution is 2.24. The van der Waals surface area contributed by atoms with E-state index in [1.807, 2.05) is 25.1 Å². The van der Waals surface area contributed by atoms with Crippen LogP contribution in [0.25, 0.3) is 0 Å². The van der Waals surface area contributed by atoms with Crippen LogP contribution in [0, 0.1) is 12.7 Å². The van der Waals surface area contributed by atoms with Crippen LogP contribution in [0.15, 0.2) is 42.5 Å². The van der Waals surface area contributed by atoms with Gasteiger partial charge in [0.25, 0.3) is 5.91 Å². The number of aryl methyl sites for hydroxylation is 1. The van der Waals surface area contributed by atoms with E-state index in [4.69, 9.17) is 4.74 Å². The average Bonchev–Trinajstić information content (AvgIpc) is 2.48. The first-order valence-corrected chi connectivity index (χ1v) is 7.25. The van der Waals surface area contributed by atoms with Gasteiger partial charge in [-0.3, -0.25) is 4.79 Å². The highest BCUT2D eigenvalue weighted by atomic mass is 19.1. The van der Waals surface area contributed by atoms with E-state index in [1.165, 1.54) is 12.1 Å². The Morgan fingerprint density at radius 2 is 1.95 bits per heavy atom. The number of halogens is 1. The van der Waals surface area contributed by atoms with Gasteiger partial charge in [0, 0.05) is 0 Å². The molecule has 1 N–H and O–H groups in total. The van der Waals surface area contributed by atoms with Crippen LogP contribution in [0.1, 0.15) is 30.9 Å². The van der Waals surface area contributed by atoms with Gasteiger partial charge in [-0.25, -0.2) is 4.39 Å². The van der Waals surface area contributed by atoms with Gasteiger partial charge in [-0.15, -0.1) is 0 Å². The summed E-state index contributed by atoms with van der Waals surface area (Å²) in [7, 11) is 0. The summed E-state index contributed by atoms with van der Waals surface area (Å²) in [6.45, 7) is 5.96. The van der Waals surface area contributed by atoms with Crippen LogP contribution in [0.2, 0.25) is 0 Å². The molecule has 116 valence electrons. The van der Waals surface area contributed by atoms with Gasteiger partial charge in [-0.1, -0.05) is 38.1 Å². The SMILES string of the molecule is Cc1ccc(C(C)C)cc1OCC(=O)Nc1ccccc1F. The van der Waals surface area contributed by atoms with E-state index in [0.717, 1.165) is 11.1 Å². The zero-order chi connectivity index (χ0) is 16.1. The van der Waals surface area contributed by atoms with E-state index in [1.54, 1.807) is 12.1 Å². The van der Waals surface area contributed by atoms with Gasteiger partial charge in [0.1, 0.15) is 11.6 Å². The molecule has 0 saturated carbocycles. The first kappa shape index (κ1) is 16.0. The van der Waals surface area contributed by atoms with Crippen molar-refractivity contribution in [3.63, 3.8) is 0 Å². The number of ether oxygens (including phenoxy) is 1. The number of para-hydroxylation sites is 1. The summed E-state index contributed by atoms with van der Waals surface area (Å²) < 4.78 is 19.0. The zero-order valence-electron chi connectivity index (χ0n) is 13.0. The number of carbonyl (C=O) groups is 1. The van der Waals surface area contributed by atoms with Crippen molar-refractivity contribution in [3.8, 4) is 5.75 Å². The molecule has 0 aliphatic carbocycles. The third-order valence-corrected chi connectivity index (χ3v) is 3.39. The molecule has 0 aliphatic heterocycles. The lowest BCUT2D eigenvalue weighted by molar-refractivity contribution is -0.118. The lowest BCUT2D eigenvalue weighted by atomic mass is 10.0. The monoisotopic (exact) mass is 301 g/mol. The Bertz CT molecular complexity index is 668. The van der Waals surface area contributed by atoms with Gasteiger partial charge in [-0.05, 0) is 42.2 Å². The number of nitrogens with one attached hydrogen (secondary N) is 1. The van der Waals surface area contributed by atoms with Crippen molar-refractivity contribution in [3.05, 3.63) is 59.4 Å². The van der Waals surface area contributed by atoms with Crippen LogP contribution < -0.4 is 10.1 Å². The molecule has 0 spiro atoms. The van der Waals surface area contributed by atoms with Crippen molar-refractivity contribution >= 4 is 11.6 Å². The normalized spacial score (nSPS) is 10.6. The summed E-state index contributed by atoms with van der Waals surface area (Å²) in [6, 6.07) is 12.0. The summed E-state index contributed by atoms with van der Waals surface area (Å²) in [5.41, 5.74) is 2.27. The highest BCUT2D eigenvalue weighted by Gasteiger charge is 2.09. The molecule has 0 saturated heterocycles. The molecule has 0 aliphatic rings. The van der Waals surface area contributed by atoms with Gasteiger partial charge < -0.3 is 10.1 Å². The number of amides is 1. The van der Waals surface area contributed by atoms with E-state index in [-0.39, 0.29) is 18.2 Å². The lowest BCUT2D eigenvalue weighted by Crippen LogP contribution is -2.21. The summed E-state index contributed by atoms with van der Waals surface area (Å²) in [5, 5.41) is 2.50. The number of rotatable bonds is 5. The van der Waals surface area contributed by atoms with Crippen LogP contribution in [-0.2, 0) is 4.79 Å². The van der Waals surface area contributed by atoms with Crippen molar-refractivity contribution in [2.45, 2.75) is 26.7 Å². The molecule has 0 unspecified atom stereocenters. The Balaban J connectivity index is 1.99. The molecule has 22 heavy (non-hydrogen) atoms. The van der Waals surface area contributed by atoms with Crippen molar-refractivity contribution in [2.24, 2.45) is 0 Å². The third-order valence-electron chi connectivity index (χ3n) is 3.39. The topological polar surface area (TPSA) is 38.3 Å². The Kier molecular flexibility index (Phi) is 5.15. The van der Waals surface area contributed by atoms with Crippen LogP contribution >= 0.6 is 0 Å². The molecule has 0 atom stereocenters. The second-order valence-electron chi connectivity index (χ2n) is 5.50. The number of benzene rings is 2. The maximum Gasteiger partial charge on any atom is 0.262 e. The molecule has 3 nitrogen and oxygen atoms in total. The van der Waals surface area contributed by atoms with E-state index < -0.39 is 5.82 Å². The van der Waals surface area contributed by atoms with E-state index in [2.05, 4.69) is 19.2 Å². The summed E-state index contributed by atoms with van der Waals surface area (Å²) in [4.78, 5) is 11.9. The van der Waals surface area contributed by atoms with E-state index >= 15 is 0 Å². The maximum absolute atomic E-state index is 13.5. The Hall–Kier alpha value is -2.36. The van der Waals surface area contributed by atoms with Crippen LogP contribution in [0.4, 0.5) is 10.1 Å². The second kappa shape index (κ2) is 7.07. The summed E-state index contributed by atoms with van der Waals surface area (Å²) in [5.74, 6) is 0.207. The van der Waals surface area contributed by atoms with Gasteiger partial charge in [0.05, 0.1) is 5.69 Å². The minimum atomic E-state index is -0.464. The molecule has 0 fully saturated rings. The molecule has 0 aromatic heterocycles. The third kappa shape index (κ3) is 4.07. The van der Waals surface area contributed by atoms with Gasteiger partial charge in [0.15, 0.2) is 6.61 Å². The number of hydrogen-bond donors (Lipinski definition) is 1. The van der Waals surface area contributed by atoms with Crippen molar-refractivity contribution < 1.29 is 13.9 Å². The second-order valence-corrected chi connectivity index (χ2v) is 5.50. The van der Waals surface area contributed by atoms with E-state index in [0.29, 0.717) is 11.7 Å². The molecule has 2 aromatic rings. The van der Waals surface area contributed by atoms with Gasteiger partial charge in [0.2, 0.25) is 0 Å². The molecule has 2 aromatic carbocycles. The van der Waals surface area contributed by atoms with Crippen LogP contribution in [0.5, 0.6) is 5.75 Å². The smallest absolute Gasteiger partial charge is 0.262 e. The molecular formula is C18H20FNO2. The van der Waals surface area contributed by atoms with Gasteiger partial charge in [-0.2, -0.15) is 0 Å². The minimum absolute atomic E-state index is 0.156. The quantitative estimate of drug-likeness (QED) is 0.895. The Morgan fingerprint density at radius 3 is 2.64 bits per heavy atom. The number of anilines is 1. The molecule has 2 rings (SSSR count). The highest BCUT2D eigenvalue weighted by molar-refractivity contribution is 5.91. The van der Waals surface area contributed by atoms with Crippen LogP contribution in [0.3, 0.4) is 0 Å². The molecule has 1 amide bonds. The van der Waals surface area contributed by atoms with Crippen molar-refractivity contribution in [1.29, 1.82) is 0 Å². The Morgan fingerprint density at radius 1 is 1.23 bits per heavy atom.